The molecule has 0 aliphatic rings. The van der Waals surface area contributed by atoms with Gasteiger partial charge in [-0.3, -0.25) is 9.10 Å². The fourth-order valence-electron chi connectivity index (χ4n) is 3.95. The predicted molar refractivity (Wildman–Crippen MR) is 143 cm³/mol. The van der Waals surface area contributed by atoms with Gasteiger partial charge in [-0.25, -0.2) is 8.42 Å². The highest BCUT2D eigenvalue weighted by atomic mass is 32.2. The third-order valence-electron chi connectivity index (χ3n) is 5.85. The standard InChI is InChI=1S/C28H34N2O5S/c1-5-22-9-7-10-23(6-2)27(22)30(36(4,32)33)20-21-13-15-24(16-14-21)28(31)29-17-18-35-26-12-8-11-25(19-26)34-3/h7-16,19H,5-6,17-18,20H2,1-4H3,(H,29,31). The maximum Gasteiger partial charge on any atom is 0.251 e. The molecule has 0 spiro atoms. The second kappa shape index (κ2) is 12.4. The van der Waals surface area contributed by atoms with Gasteiger partial charge in [0.15, 0.2) is 0 Å². The summed E-state index contributed by atoms with van der Waals surface area (Å²) in [7, 11) is -1.92. The van der Waals surface area contributed by atoms with Crippen molar-refractivity contribution in [3.05, 3.63) is 89.0 Å². The molecule has 192 valence electrons. The summed E-state index contributed by atoms with van der Waals surface area (Å²) < 4.78 is 37.8. The fourth-order valence-corrected chi connectivity index (χ4v) is 4.90. The lowest BCUT2D eigenvalue weighted by Gasteiger charge is -2.27. The van der Waals surface area contributed by atoms with E-state index in [4.69, 9.17) is 9.47 Å². The van der Waals surface area contributed by atoms with Crippen molar-refractivity contribution in [3.8, 4) is 11.5 Å². The minimum atomic E-state index is -3.52. The minimum Gasteiger partial charge on any atom is -0.497 e. The number of carbonyl (C=O) groups excluding carboxylic acids is 1. The summed E-state index contributed by atoms with van der Waals surface area (Å²) in [6, 6.07) is 20.2. The normalized spacial score (nSPS) is 11.1. The zero-order valence-corrected chi connectivity index (χ0v) is 22.1. The van der Waals surface area contributed by atoms with E-state index in [1.807, 2.05) is 50.2 Å². The number of anilines is 1. The van der Waals surface area contributed by atoms with E-state index in [9.17, 15) is 13.2 Å². The number of rotatable bonds is 12. The van der Waals surface area contributed by atoms with Crippen LogP contribution in [0.25, 0.3) is 0 Å². The van der Waals surface area contributed by atoms with Crippen molar-refractivity contribution >= 4 is 21.6 Å². The summed E-state index contributed by atoms with van der Waals surface area (Å²) in [6.07, 6.45) is 2.69. The Morgan fingerprint density at radius 1 is 0.917 bits per heavy atom. The number of ether oxygens (including phenoxy) is 2. The lowest BCUT2D eigenvalue weighted by atomic mass is 10.0. The van der Waals surface area contributed by atoms with Gasteiger partial charge in [0.1, 0.15) is 18.1 Å². The highest BCUT2D eigenvalue weighted by Gasteiger charge is 2.23. The first-order valence-electron chi connectivity index (χ1n) is 12.0. The van der Waals surface area contributed by atoms with Gasteiger partial charge < -0.3 is 14.8 Å². The van der Waals surface area contributed by atoms with E-state index in [0.717, 1.165) is 35.2 Å². The van der Waals surface area contributed by atoms with Crippen LogP contribution in [0, 0.1) is 0 Å². The number of hydrogen-bond donors (Lipinski definition) is 1. The van der Waals surface area contributed by atoms with Crippen LogP contribution in [0.15, 0.2) is 66.7 Å². The largest absolute Gasteiger partial charge is 0.497 e. The SMILES string of the molecule is CCc1cccc(CC)c1N(Cc1ccc(C(=O)NCCOc2cccc(OC)c2)cc1)S(C)(=O)=O. The quantitative estimate of drug-likeness (QED) is 0.360. The number of sulfonamides is 1. The Bertz CT molecular complexity index is 1250. The number of nitrogens with zero attached hydrogens (tertiary/aromatic N) is 1. The number of methoxy groups -OCH3 is 1. The lowest BCUT2D eigenvalue weighted by molar-refractivity contribution is 0.0947. The molecule has 3 rings (SSSR count). The number of hydrogen-bond acceptors (Lipinski definition) is 5. The molecule has 1 N–H and O–H groups in total. The predicted octanol–water partition coefficient (Wildman–Crippen LogP) is 4.60. The Labute approximate surface area is 214 Å². The number of benzene rings is 3. The van der Waals surface area contributed by atoms with Gasteiger partial charge in [0.05, 0.1) is 32.1 Å². The van der Waals surface area contributed by atoms with Crippen molar-refractivity contribution in [1.82, 2.24) is 5.32 Å². The van der Waals surface area contributed by atoms with E-state index in [0.29, 0.717) is 30.2 Å². The molecular formula is C28H34N2O5S. The van der Waals surface area contributed by atoms with Crippen LogP contribution in [0.2, 0.25) is 0 Å². The van der Waals surface area contributed by atoms with Crippen LogP contribution in [0.4, 0.5) is 5.69 Å². The van der Waals surface area contributed by atoms with Gasteiger partial charge in [-0.05, 0) is 53.8 Å². The number of nitrogens with one attached hydrogen (secondary N) is 1. The van der Waals surface area contributed by atoms with E-state index >= 15 is 0 Å². The van der Waals surface area contributed by atoms with Crippen molar-refractivity contribution in [3.63, 3.8) is 0 Å². The van der Waals surface area contributed by atoms with Gasteiger partial charge in [0, 0.05) is 11.6 Å². The van der Waals surface area contributed by atoms with Crippen LogP contribution in [-0.4, -0.2) is 40.8 Å². The van der Waals surface area contributed by atoms with Crippen molar-refractivity contribution in [2.45, 2.75) is 33.2 Å². The van der Waals surface area contributed by atoms with Crippen LogP contribution in [0.5, 0.6) is 11.5 Å². The number of para-hydroxylation sites is 1. The van der Waals surface area contributed by atoms with Gasteiger partial charge in [-0.1, -0.05) is 50.2 Å². The summed E-state index contributed by atoms with van der Waals surface area (Å²) in [5.74, 6) is 1.15. The van der Waals surface area contributed by atoms with E-state index in [1.54, 1.807) is 37.4 Å². The third kappa shape index (κ3) is 7.01. The molecule has 0 radical (unpaired) electrons. The van der Waals surface area contributed by atoms with Gasteiger partial charge in [-0.2, -0.15) is 0 Å². The van der Waals surface area contributed by atoms with Crippen LogP contribution in [0.3, 0.4) is 0 Å². The Kier molecular flexibility index (Phi) is 9.36. The summed E-state index contributed by atoms with van der Waals surface area (Å²) in [5.41, 5.74) is 4.03. The molecule has 3 aromatic carbocycles. The van der Waals surface area contributed by atoms with Gasteiger partial charge in [0.25, 0.3) is 5.91 Å². The van der Waals surface area contributed by atoms with Crippen molar-refractivity contribution in [2.75, 3.05) is 30.8 Å². The topological polar surface area (TPSA) is 84.9 Å². The van der Waals surface area contributed by atoms with Crippen LogP contribution in [-0.2, 0) is 29.4 Å². The average molecular weight is 511 g/mol. The Morgan fingerprint density at radius 2 is 1.53 bits per heavy atom. The highest BCUT2D eigenvalue weighted by molar-refractivity contribution is 7.92. The molecule has 0 saturated carbocycles. The second-order valence-electron chi connectivity index (χ2n) is 8.38. The van der Waals surface area contributed by atoms with E-state index < -0.39 is 10.0 Å². The smallest absolute Gasteiger partial charge is 0.251 e. The maximum absolute atomic E-state index is 12.8. The van der Waals surface area contributed by atoms with Crippen molar-refractivity contribution < 1.29 is 22.7 Å². The molecule has 7 nitrogen and oxygen atoms in total. The van der Waals surface area contributed by atoms with Crippen molar-refractivity contribution in [2.24, 2.45) is 0 Å². The molecule has 0 saturated heterocycles. The molecule has 0 heterocycles. The molecule has 1 amide bonds. The molecule has 8 heteroatoms. The Balaban J connectivity index is 1.65. The third-order valence-corrected chi connectivity index (χ3v) is 6.97. The Morgan fingerprint density at radius 3 is 2.11 bits per heavy atom. The van der Waals surface area contributed by atoms with Crippen molar-refractivity contribution in [1.29, 1.82) is 0 Å². The average Bonchev–Trinajstić information content (AvgIpc) is 2.89. The van der Waals surface area contributed by atoms with Gasteiger partial charge >= 0.3 is 0 Å². The number of carbonyl (C=O) groups is 1. The molecular weight excluding hydrogens is 476 g/mol. The zero-order valence-electron chi connectivity index (χ0n) is 21.3. The molecule has 0 aliphatic carbocycles. The zero-order chi connectivity index (χ0) is 26.1. The van der Waals surface area contributed by atoms with E-state index in [2.05, 4.69) is 5.32 Å². The summed E-state index contributed by atoms with van der Waals surface area (Å²) in [6.45, 7) is 4.89. The van der Waals surface area contributed by atoms with E-state index in [1.165, 1.54) is 10.6 Å². The highest BCUT2D eigenvalue weighted by Crippen LogP contribution is 2.30. The number of amides is 1. The molecule has 0 bridgehead atoms. The molecule has 36 heavy (non-hydrogen) atoms. The number of aryl methyl sites for hydroxylation is 2. The summed E-state index contributed by atoms with van der Waals surface area (Å²) in [5, 5.41) is 2.84. The van der Waals surface area contributed by atoms with Gasteiger partial charge in [-0.15, -0.1) is 0 Å². The molecule has 0 fully saturated rings. The summed E-state index contributed by atoms with van der Waals surface area (Å²) >= 11 is 0. The van der Waals surface area contributed by atoms with E-state index in [-0.39, 0.29) is 12.5 Å². The first kappa shape index (κ1) is 27.1. The lowest BCUT2D eigenvalue weighted by Crippen LogP contribution is -2.31. The minimum absolute atomic E-state index is 0.194. The molecule has 3 aromatic rings. The van der Waals surface area contributed by atoms with Crippen LogP contribution < -0.4 is 19.1 Å². The Hall–Kier alpha value is -3.52. The van der Waals surface area contributed by atoms with Crippen LogP contribution >= 0.6 is 0 Å². The maximum atomic E-state index is 12.8. The molecule has 0 aromatic heterocycles. The molecule has 0 unspecified atom stereocenters. The second-order valence-corrected chi connectivity index (χ2v) is 10.3. The fraction of sp³-hybridized carbons (Fsp3) is 0.321. The molecule has 0 atom stereocenters. The van der Waals surface area contributed by atoms with Gasteiger partial charge in [0.2, 0.25) is 10.0 Å². The summed E-state index contributed by atoms with van der Waals surface area (Å²) in [4.78, 5) is 12.5. The monoisotopic (exact) mass is 510 g/mol. The first-order valence-corrected chi connectivity index (χ1v) is 13.8. The molecule has 0 aliphatic heterocycles. The van der Waals surface area contributed by atoms with Crippen LogP contribution in [0.1, 0.15) is 40.9 Å². The first-order chi connectivity index (χ1) is 17.3.